The van der Waals surface area contributed by atoms with Crippen LogP contribution in [-0.4, -0.2) is 80.4 Å². The Kier molecular flexibility index (Phi) is 10.1. The number of nitrogens with one attached hydrogen (secondary N) is 2. The molecule has 2 amide bonds. The summed E-state index contributed by atoms with van der Waals surface area (Å²) in [5, 5.41) is 9.28. The van der Waals surface area contributed by atoms with Crippen molar-refractivity contribution < 1.29 is 58.6 Å². The minimum atomic E-state index is -4.84. The molecule has 0 saturated heterocycles. The number of nitrogens with zero attached hydrogens (tertiary/aromatic N) is 2. The lowest BCUT2D eigenvalue weighted by Gasteiger charge is -2.23. The number of fused-ring (bicyclic) bond motifs is 1. The molecular weight excluding hydrogens is 590 g/mol. The van der Waals surface area contributed by atoms with Crippen LogP contribution in [-0.2, 0) is 32.3 Å². The first-order valence-corrected chi connectivity index (χ1v) is 14.1. The maximum atomic E-state index is 12.9. The lowest BCUT2D eigenvalue weighted by Crippen LogP contribution is -2.42. The molecule has 0 spiro atoms. The molecule has 18 heteroatoms. The van der Waals surface area contributed by atoms with Gasteiger partial charge in [0.15, 0.2) is 16.4 Å². The normalized spacial score (nSPS) is 15.7. The molecule has 1 aliphatic rings. The molecule has 228 valence electrons. The van der Waals surface area contributed by atoms with Crippen LogP contribution >= 0.6 is 0 Å². The summed E-state index contributed by atoms with van der Waals surface area (Å²) in [7, 11) is -3.73. The zero-order valence-corrected chi connectivity index (χ0v) is 22.3. The van der Waals surface area contributed by atoms with Gasteiger partial charge in [-0.25, -0.2) is 13.1 Å². The maximum absolute atomic E-state index is 12.9. The van der Waals surface area contributed by atoms with Crippen LogP contribution < -0.4 is 20.1 Å². The molecule has 1 atom stereocenters. The number of aryl methyl sites for hydroxylation is 1. The Morgan fingerprint density at radius 3 is 2.46 bits per heavy atom. The Morgan fingerprint density at radius 1 is 1.15 bits per heavy atom. The van der Waals surface area contributed by atoms with Crippen LogP contribution in [0.2, 0.25) is 0 Å². The number of carbonyl (C=O) groups excluding carboxylic acids is 2. The van der Waals surface area contributed by atoms with E-state index in [0.717, 1.165) is 10.9 Å². The number of rotatable bonds is 13. The predicted molar refractivity (Wildman–Crippen MR) is 130 cm³/mol. The van der Waals surface area contributed by atoms with Gasteiger partial charge in [-0.1, -0.05) is 6.07 Å². The van der Waals surface area contributed by atoms with Gasteiger partial charge in [0.1, 0.15) is 28.6 Å². The number of halogens is 6. The fourth-order valence-electron chi connectivity index (χ4n) is 3.84. The van der Waals surface area contributed by atoms with Crippen molar-refractivity contribution >= 4 is 27.5 Å². The Labute approximate surface area is 230 Å². The van der Waals surface area contributed by atoms with Crippen LogP contribution in [0.15, 0.2) is 24.3 Å². The van der Waals surface area contributed by atoms with Gasteiger partial charge in [0.05, 0.1) is 18.9 Å². The van der Waals surface area contributed by atoms with Crippen LogP contribution in [0.25, 0.3) is 0 Å². The monoisotopic (exact) mass is 616 g/mol. The van der Waals surface area contributed by atoms with Crippen LogP contribution in [0.5, 0.6) is 11.5 Å². The van der Waals surface area contributed by atoms with E-state index in [1.165, 1.54) is 24.3 Å². The zero-order valence-electron chi connectivity index (χ0n) is 21.5. The topological polar surface area (TPSA) is 138 Å². The number of alkyl halides is 6. The molecule has 0 fully saturated rings. The number of ether oxygens (including phenoxy) is 3. The number of hydrogen-bond donors (Lipinski definition) is 2. The Hall–Kier alpha value is -3.54. The number of aromatic nitrogens is 2. The lowest BCUT2D eigenvalue weighted by molar-refractivity contribution is -0.324. The van der Waals surface area contributed by atoms with Crippen molar-refractivity contribution in [2.75, 3.05) is 37.1 Å². The van der Waals surface area contributed by atoms with E-state index < -0.39 is 59.2 Å². The van der Waals surface area contributed by atoms with Crippen LogP contribution in [0, 0.1) is 0 Å². The second-order valence-corrected chi connectivity index (χ2v) is 11.2. The highest BCUT2D eigenvalue weighted by Gasteiger charge is 2.33. The third kappa shape index (κ3) is 10.8. The summed E-state index contributed by atoms with van der Waals surface area (Å²) in [5.74, 6) is -2.50. The molecule has 1 aromatic carbocycles. The minimum absolute atomic E-state index is 0.0381. The molecule has 0 unspecified atom stereocenters. The fourth-order valence-corrected chi connectivity index (χ4v) is 4.39. The molecule has 11 nitrogen and oxygen atoms in total. The van der Waals surface area contributed by atoms with Gasteiger partial charge in [-0.15, -0.1) is 13.2 Å². The Balaban J connectivity index is 1.67. The van der Waals surface area contributed by atoms with Crippen molar-refractivity contribution in [2.45, 2.75) is 44.4 Å². The smallest absolute Gasteiger partial charge is 0.493 e. The lowest BCUT2D eigenvalue weighted by atomic mass is 9.99. The second-order valence-electron chi connectivity index (χ2n) is 9.05. The van der Waals surface area contributed by atoms with Crippen LogP contribution in [0.1, 0.15) is 28.9 Å². The highest BCUT2D eigenvalue weighted by molar-refractivity contribution is 7.91. The average molecular weight is 617 g/mol. The third-order valence-electron chi connectivity index (χ3n) is 5.40. The van der Waals surface area contributed by atoms with Gasteiger partial charge in [-0.3, -0.25) is 14.3 Å². The SMILES string of the molecule is CS(=O)(=O)CC(=O)Nc1c2c(nn1CCCOC(F)(F)F)C[C@H](CCOc1cccc(OCC(F)(F)F)c1)NC2=O. The second kappa shape index (κ2) is 13.0. The van der Waals surface area contributed by atoms with Crippen LogP contribution in [0.3, 0.4) is 0 Å². The molecule has 1 aromatic heterocycles. The van der Waals surface area contributed by atoms with E-state index in [9.17, 15) is 44.3 Å². The maximum Gasteiger partial charge on any atom is 0.522 e. The molecule has 1 aliphatic heterocycles. The summed E-state index contributed by atoms with van der Waals surface area (Å²) in [5.41, 5.74) is 0.156. The third-order valence-corrected chi connectivity index (χ3v) is 6.19. The summed E-state index contributed by atoms with van der Waals surface area (Å²) in [6.07, 6.45) is -8.34. The number of sulfone groups is 1. The average Bonchev–Trinajstić information content (AvgIpc) is 3.16. The summed E-state index contributed by atoms with van der Waals surface area (Å²) < 4.78 is 112. The first-order valence-electron chi connectivity index (χ1n) is 12.0. The zero-order chi connectivity index (χ0) is 30.4. The van der Waals surface area contributed by atoms with Gasteiger partial charge in [0, 0.05) is 37.8 Å². The van der Waals surface area contributed by atoms with Gasteiger partial charge in [0.25, 0.3) is 5.91 Å². The highest BCUT2D eigenvalue weighted by Crippen LogP contribution is 2.27. The molecule has 0 radical (unpaired) electrons. The van der Waals surface area contributed by atoms with Gasteiger partial charge >= 0.3 is 12.5 Å². The van der Waals surface area contributed by atoms with Gasteiger partial charge in [0.2, 0.25) is 5.91 Å². The Morgan fingerprint density at radius 2 is 1.83 bits per heavy atom. The highest BCUT2D eigenvalue weighted by atomic mass is 32.2. The van der Waals surface area contributed by atoms with Crippen molar-refractivity contribution in [3.63, 3.8) is 0 Å². The largest absolute Gasteiger partial charge is 0.522 e. The quantitative estimate of drug-likeness (QED) is 0.259. The standard InChI is InChI=1S/C23H26F6N4O7S/c1-41(36,37)12-18(34)31-20-19-17(32-33(20)7-3-8-40-23(27,28)29)10-14(30-21(19)35)6-9-38-15-4-2-5-16(11-15)39-13-22(24,25)26/h2,4-5,11,14H,3,6-10,12-13H2,1H3,(H,30,35)(H,31,34)/t14-/m0/s1. The Bertz CT molecular complexity index is 1340. The molecule has 2 aromatic rings. The summed E-state index contributed by atoms with van der Waals surface area (Å²) in [6, 6.07) is 5.05. The van der Waals surface area contributed by atoms with Crippen molar-refractivity contribution in [3.8, 4) is 11.5 Å². The van der Waals surface area contributed by atoms with Gasteiger partial charge < -0.3 is 20.1 Å². The van der Waals surface area contributed by atoms with Crippen LogP contribution in [0.4, 0.5) is 32.2 Å². The molecular formula is C23H26F6N4O7S. The molecule has 2 N–H and O–H groups in total. The summed E-state index contributed by atoms with van der Waals surface area (Å²) in [6.45, 7) is -2.34. The van der Waals surface area contributed by atoms with Crippen molar-refractivity contribution in [2.24, 2.45) is 0 Å². The number of amides is 2. The number of carbonyl (C=O) groups is 2. The molecule has 0 bridgehead atoms. The molecule has 0 aliphatic carbocycles. The van der Waals surface area contributed by atoms with E-state index >= 15 is 0 Å². The van der Waals surface area contributed by atoms with Gasteiger partial charge in [-0.2, -0.15) is 18.3 Å². The van der Waals surface area contributed by atoms with Crippen molar-refractivity contribution in [1.82, 2.24) is 15.1 Å². The van der Waals surface area contributed by atoms with E-state index in [2.05, 4.69) is 25.2 Å². The number of benzene rings is 1. The van der Waals surface area contributed by atoms with E-state index in [1.807, 2.05) is 0 Å². The van der Waals surface area contributed by atoms with Crippen molar-refractivity contribution in [3.05, 3.63) is 35.5 Å². The molecule has 2 heterocycles. The summed E-state index contributed by atoms with van der Waals surface area (Å²) >= 11 is 0. The van der Waals surface area contributed by atoms with E-state index in [4.69, 9.17) is 4.74 Å². The number of hydrogen-bond acceptors (Lipinski definition) is 8. The predicted octanol–water partition coefficient (Wildman–Crippen LogP) is 2.86. The van der Waals surface area contributed by atoms with E-state index in [0.29, 0.717) is 0 Å². The van der Waals surface area contributed by atoms with Gasteiger partial charge in [-0.05, 0) is 18.6 Å². The minimum Gasteiger partial charge on any atom is -0.493 e. The summed E-state index contributed by atoms with van der Waals surface area (Å²) in [4.78, 5) is 25.2. The first kappa shape index (κ1) is 32.0. The molecule has 41 heavy (non-hydrogen) atoms. The van der Waals surface area contributed by atoms with E-state index in [-0.39, 0.29) is 61.0 Å². The van der Waals surface area contributed by atoms with Crippen molar-refractivity contribution in [1.29, 1.82) is 0 Å². The fraction of sp³-hybridized carbons (Fsp3) is 0.522. The molecule has 3 rings (SSSR count). The number of anilines is 1. The van der Waals surface area contributed by atoms with E-state index in [1.54, 1.807) is 0 Å². The molecule has 0 saturated carbocycles. The first-order chi connectivity index (χ1) is 19.0.